The molecule has 2 heterocycles. The molecule has 8 nitrogen and oxygen atoms in total. The number of pyridine rings is 2. The summed E-state index contributed by atoms with van der Waals surface area (Å²) in [7, 11) is 0. The number of hydrogen-bond donors (Lipinski definition) is 2. The first-order chi connectivity index (χ1) is 23.8. The van der Waals surface area contributed by atoms with Crippen molar-refractivity contribution in [2.75, 3.05) is 0 Å². The van der Waals surface area contributed by atoms with Crippen LogP contribution < -0.4 is 20.2 Å². The molecule has 0 bridgehead atoms. The molecule has 0 aliphatic carbocycles. The van der Waals surface area contributed by atoms with Crippen LogP contribution in [0.25, 0.3) is 43.4 Å². The van der Waals surface area contributed by atoms with E-state index in [2.05, 4.69) is 46.4 Å². The summed E-state index contributed by atoms with van der Waals surface area (Å²) in [5, 5.41) is 49.3. The second kappa shape index (κ2) is 14.3. The molecular weight excluding hydrogens is 616 g/mol. The predicted octanol–water partition coefficient (Wildman–Crippen LogP) is 6.44. The highest BCUT2D eigenvalue weighted by Crippen LogP contribution is 2.37. The van der Waals surface area contributed by atoms with Crippen LogP contribution in [0.1, 0.15) is 31.8 Å². The average molecular weight is 647 g/mol. The number of carboxylic acid groups (broad SMARTS) is 2. The van der Waals surface area contributed by atoms with E-state index in [-0.39, 0.29) is 28.7 Å². The number of rotatable bonds is 4. The Kier molecular flexibility index (Phi) is 9.39. The topological polar surface area (TPSA) is 149 Å². The molecule has 0 radical (unpaired) electrons. The molecular formula is C41H30N2O6. The van der Waals surface area contributed by atoms with Gasteiger partial charge in [0.25, 0.3) is 0 Å². The van der Waals surface area contributed by atoms with Gasteiger partial charge in [0.2, 0.25) is 11.0 Å². The van der Waals surface area contributed by atoms with Gasteiger partial charge in [-0.05, 0) is 75.5 Å². The van der Waals surface area contributed by atoms with Crippen LogP contribution in [0.5, 0.6) is 11.5 Å². The summed E-state index contributed by atoms with van der Waals surface area (Å²) in [6, 6.07) is 40.9. The van der Waals surface area contributed by atoms with Gasteiger partial charge < -0.3 is 20.4 Å². The van der Waals surface area contributed by atoms with Gasteiger partial charge in [-0.1, -0.05) is 84.3 Å². The van der Waals surface area contributed by atoms with Crippen LogP contribution in [0, 0.1) is 0 Å². The lowest BCUT2D eigenvalue weighted by Gasteiger charge is -2.24. The van der Waals surface area contributed by atoms with E-state index in [1.807, 2.05) is 48.8 Å². The molecule has 0 aliphatic heterocycles. The predicted molar refractivity (Wildman–Crippen MR) is 185 cm³/mol. The third kappa shape index (κ3) is 6.99. The fourth-order valence-corrected chi connectivity index (χ4v) is 5.78. The zero-order chi connectivity index (χ0) is 34.3. The number of hydrogen-bond acceptors (Lipinski definition) is 4. The second-order valence-corrected chi connectivity index (χ2v) is 11.2. The van der Waals surface area contributed by atoms with Crippen molar-refractivity contribution in [3.05, 3.63) is 168 Å². The quantitative estimate of drug-likeness (QED) is 0.225. The molecule has 0 fully saturated rings. The van der Waals surface area contributed by atoms with Gasteiger partial charge in [-0.3, -0.25) is 0 Å². The third-order valence-corrected chi connectivity index (χ3v) is 8.17. The van der Waals surface area contributed by atoms with Crippen LogP contribution in [-0.4, -0.2) is 22.2 Å². The van der Waals surface area contributed by atoms with Crippen LogP contribution in [0.4, 0.5) is 0 Å². The number of para-hydroxylation sites is 2. The maximum Gasteiger partial charge on any atom is 0.335 e. The van der Waals surface area contributed by atoms with Gasteiger partial charge in [0.1, 0.15) is 0 Å². The fourth-order valence-electron chi connectivity index (χ4n) is 5.78. The first kappa shape index (κ1) is 32.2. The highest BCUT2D eigenvalue weighted by atomic mass is 16.4. The number of carboxylic acids is 2. The number of carbonyl (C=O) groups is 2. The Bertz CT molecular complexity index is 2170. The number of H-pyrrole nitrogens is 2. The average Bonchev–Trinajstić information content (AvgIpc) is 3.13. The van der Waals surface area contributed by atoms with Crippen LogP contribution >= 0.6 is 0 Å². The van der Waals surface area contributed by atoms with Crippen molar-refractivity contribution in [1.29, 1.82) is 0 Å². The van der Waals surface area contributed by atoms with E-state index >= 15 is 0 Å². The molecule has 2 aromatic heterocycles. The van der Waals surface area contributed by atoms with Gasteiger partial charge in [0.15, 0.2) is 12.4 Å². The number of aromatic amines is 2. The van der Waals surface area contributed by atoms with E-state index < -0.39 is 23.4 Å². The van der Waals surface area contributed by atoms with Crippen molar-refractivity contribution >= 4 is 55.3 Å². The first-order valence-corrected chi connectivity index (χ1v) is 15.4. The van der Waals surface area contributed by atoms with Crippen LogP contribution in [0.2, 0.25) is 0 Å². The summed E-state index contributed by atoms with van der Waals surface area (Å²) in [6.45, 7) is 0. The van der Waals surface area contributed by atoms with E-state index in [0.29, 0.717) is 21.5 Å². The summed E-state index contributed by atoms with van der Waals surface area (Å²) in [6.07, 6.45) is 3.70. The Balaban J connectivity index is 0.000000167. The van der Waals surface area contributed by atoms with E-state index in [1.165, 1.54) is 33.9 Å². The van der Waals surface area contributed by atoms with E-state index in [0.717, 1.165) is 0 Å². The zero-order valence-corrected chi connectivity index (χ0v) is 26.1. The van der Waals surface area contributed by atoms with Gasteiger partial charge in [-0.2, -0.15) is 0 Å². The Morgan fingerprint density at radius 2 is 0.837 bits per heavy atom. The normalized spacial score (nSPS) is 10.6. The fraction of sp³-hybridized carbons (Fsp3) is 0.0244. The van der Waals surface area contributed by atoms with Crippen molar-refractivity contribution in [2.45, 2.75) is 6.42 Å². The lowest BCUT2D eigenvalue weighted by atomic mass is 9.90. The standard InChI is InChI=1S/C23H16O6.2C9H7N/c24-20-16(14-7-3-1-5-12(14)9-18(20)22(26)27)11-17-15-8-4-2-6-13(15)10-19(21(17)25)23(28)29;2*1-2-6-9-8(4-1)5-3-7-10-9/h1-10,24-25H,11H2,(H,26,27)(H,28,29);2*1-7H. The monoisotopic (exact) mass is 646 g/mol. The summed E-state index contributed by atoms with van der Waals surface area (Å²) >= 11 is 0. The zero-order valence-electron chi connectivity index (χ0n) is 26.1. The lowest BCUT2D eigenvalue weighted by Crippen LogP contribution is -2.11. The molecule has 0 aliphatic rings. The minimum Gasteiger partial charge on any atom is -0.872 e. The maximum absolute atomic E-state index is 12.9. The molecule has 240 valence electrons. The SMILES string of the molecule is O=C(O)c1cc2ccccc2c(Cc2c([O-])c(C(=O)O)cc3ccccc23)c1[O-].c1ccc2[nH+]cccc2c1.c1ccc2[nH+]cccc2c1. The second-order valence-electron chi connectivity index (χ2n) is 11.2. The maximum atomic E-state index is 12.9. The molecule has 0 unspecified atom stereocenters. The van der Waals surface area contributed by atoms with Gasteiger partial charge >= 0.3 is 11.9 Å². The Morgan fingerprint density at radius 1 is 0.490 bits per heavy atom. The van der Waals surface area contributed by atoms with E-state index in [1.54, 1.807) is 48.5 Å². The third-order valence-electron chi connectivity index (χ3n) is 8.17. The molecule has 8 rings (SSSR count). The van der Waals surface area contributed by atoms with Crippen molar-refractivity contribution in [3.8, 4) is 11.5 Å². The van der Waals surface area contributed by atoms with Crippen LogP contribution in [-0.2, 0) is 6.42 Å². The van der Waals surface area contributed by atoms with Gasteiger partial charge in [0.05, 0.1) is 11.1 Å². The number of nitrogens with one attached hydrogen (secondary N) is 2. The number of benzene rings is 6. The number of aromatic nitrogens is 2. The first-order valence-electron chi connectivity index (χ1n) is 15.4. The molecule has 4 N–H and O–H groups in total. The van der Waals surface area contributed by atoms with Crippen molar-refractivity contribution < 1.29 is 40.0 Å². The molecule has 0 amide bonds. The highest BCUT2D eigenvalue weighted by Gasteiger charge is 2.16. The summed E-state index contributed by atoms with van der Waals surface area (Å²) in [5.41, 5.74) is 1.92. The van der Waals surface area contributed by atoms with Crippen molar-refractivity contribution in [3.63, 3.8) is 0 Å². The summed E-state index contributed by atoms with van der Waals surface area (Å²) in [4.78, 5) is 29.4. The molecule has 0 saturated carbocycles. The molecule has 0 spiro atoms. The summed E-state index contributed by atoms with van der Waals surface area (Å²) < 4.78 is 0. The molecule has 8 heteroatoms. The smallest absolute Gasteiger partial charge is 0.335 e. The van der Waals surface area contributed by atoms with Gasteiger partial charge in [-0.25, -0.2) is 19.6 Å². The molecule has 0 atom stereocenters. The van der Waals surface area contributed by atoms with E-state index in [9.17, 15) is 30.0 Å². The van der Waals surface area contributed by atoms with Gasteiger partial charge in [-0.15, -0.1) is 0 Å². The minimum atomic E-state index is -1.35. The Labute approximate surface area is 280 Å². The Hall–Kier alpha value is -6.80. The minimum absolute atomic E-state index is 0.158. The highest BCUT2D eigenvalue weighted by molar-refractivity contribution is 6.02. The molecule has 0 saturated heterocycles. The van der Waals surface area contributed by atoms with Gasteiger partial charge in [0, 0.05) is 35.0 Å². The largest absolute Gasteiger partial charge is 0.872 e. The van der Waals surface area contributed by atoms with E-state index in [4.69, 9.17) is 0 Å². The number of fused-ring (bicyclic) bond motifs is 4. The van der Waals surface area contributed by atoms with Crippen molar-refractivity contribution in [1.82, 2.24) is 0 Å². The molecule has 6 aromatic carbocycles. The van der Waals surface area contributed by atoms with Crippen molar-refractivity contribution in [2.24, 2.45) is 0 Å². The molecule has 8 aromatic rings. The molecule has 49 heavy (non-hydrogen) atoms. The Morgan fingerprint density at radius 3 is 1.22 bits per heavy atom. The van der Waals surface area contributed by atoms with Crippen LogP contribution in [0.15, 0.2) is 146 Å². The lowest BCUT2D eigenvalue weighted by molar-refractivity contribution is -0.345. The summed E-state index contributed by atoms with van der Waals surface area (Å²) in [5.74, 6) is -4.07. The number of aromatic carboxylic acids is 2. The van der Waals surface area contributed by atoms with Crippen LogP contribution in [0.3, 0.4) is 0 Å².